The number of esters is 1. The van der Waals surface area contributed by atoms with E-state index < -0.39 is 19.4 Å². The summed E-state index contributed by atoms with van der Waals surface area (Å²) in [5.74, 6) is -0.668. The number of hydrogen-bond donors (Lipinski definition) is 0. The minimum atomic E-state index is -4.95. The van der Waals surface area contributed by atoms with E-state index in [1.54, 1.807) is 6.92 Å². The molecule has 84 valence electrons. The topological polar surface area (TPSA) is 44.1 Å². The number of hydrogen-bond acceptors (Lipinski definition) is 3. The molecule has 1 heterocycles. The summed E-state index contributed by atoms with van der Waals surface area (Å²) in [5, 5.41) is 3.42. The van der Waals surface area contributed by atoms with E-state index >= 15 is 0 Å². The predicted octanol–water partition coefficient (Wildman–Crippen LogP) is 1.45. The van der Waals surface area contributed by atoms with Crippen LogP contribution in [0.15, 0.2) is 12.4 Å². The van der Waals surface area contributed by atoms with Crippen LogP contribution in [0.25, 0.3) is 0 Å². The molecule has 0 atom stereocenters. The van der Waals surface area contributed by atoms with Gasteiger partial charge in [-0.25, -0.2) is 4.79 Å². The van der Waals surface area contributed by atoms with Crippen LogP contribution in [0.3, 0.4) is 0 Å². The highest BCUT2D eigenvalue weighted by Gasteiger charge is 2.24. The maximum Gasteiger partial charge on any atom is 0.499 e. The van der Waals surface area contributed by atoms with Crippen LogP contribution < -0.4 is 0 Å². The van der Waals surface area contributed by atoms with Gasteiger partial charge in [-0.1, -0.05) is 0 Å². The maximum atomic E-state index is 12.0. The summed E-state index contributed by atoms with van der Waals surface area (Å²) in [6, 6.07) is 0. The molecule has 0 radical (unpaired) electrons. The van der Waals surface area contributed by atoms with Crippen LogP contribution in [0, 0.1) is 0 Å². The molecule has 4 nitrogen and oxygen atoms in total. The molecule has 0 saturated carbocycles. The zero-order valence-corrected chi connectivity index (χ0v) is 7.99. The molecule has 0 aliphatic heterocycles. The van der Waals surface area contributed by atoms with Gasteiger partial charge in [-0.15, -0.1) is 0 Å². The third-order valence-electron chi connectivity index (χ3n) is 1.54. The maximum absolute atomic E-state index is 12.0. The second-order valence-corrected chi connectivity index (χ2v) is 2.88. The van der Waals surface area contributed by atoms with Gasteiger partial charge in [-0.2, -0.15) is 5.10 Å². The number of nitrogens with zero attached hydrogens (tertiary/aromatic N) is 2. The molecule has 0 fully saturated rings. The van der Waals surface area contributed by atoms with Crippen LogP contribution in [0.2, 0.25) is 0 Å². The van der Waals surface area contributed by atoms with Crippen LogP contribution in [-0.2, 0) is 11.2 Å². The first-order valence-electron chi connectivity index (χ1n) is 4.33. The van der Waals surface area contributed by atoms with Crippen molar-refractivity contribution in [2.24, 2.45) is 0 Å². The fourth-order valence-corrected chi connectivity index (χ4v) is 0.995. The molecule has 0 saturated heterocycles. The number of aromatic nitrogens is 2. The van der Waals surface area contributed by atoms with Gasteiger partial charge in [0.2, 0.25) is 0 Å². The van der Waals surface area contributed by atoms with Crippen molar-refractivity contribution in [3.05, 3.63) is 18.0 Å². The lowest BCUT2D eigenvalue weighted by Gasteiger charge is -2.12. The third kappa shape index (κ3) is 3.65. The van der Waals surface area contributed by atoms with Crippen molar-refractivity contribution < 1.29 is 22.5 Å². The van der Waals surface area contributed by atoms with E-state index in [1.807, 2.05) is 0 Å². The molecule has 0 amide bonds. The Morgan fingerprint density at radius 1 is 1.60 bits per heavy atom. The Morgan fingerprint density at radius 3 is 2.80 bits per heavy atom. The summed E-state index contributed by atoms with van der Waals surface area (Å²) in [7, 11) is 0. The Kier molecular flexibility index (Phi) is 3.38. The molecule has 1 rings (SSSR count). The van der Waals surface area contributed by atoms with Gasteiger partial charge < -0.3 is 17.7 Å². The molecule has 15 heavy (non-hydrogen) atoms. The van der Waals surface area contributed by atoms with E-state index in [9.17, 15) is 17.7 Å². The van der Waals surface area contributed by atoms with Gasteiger partial charge in [0, 0.05) is 12.6 Å². The van der Waals surface area contributed by atoms with E-state index in [-0.39, 0.29) is 12.2 Å². The van der Waals surface area contributed by atoms with Crippen LogP contribution in [-0.4, -0.2) is 29.3 Å². The average Bonchev–Trinajstić information content (AvgIpc) is 2.50. The Bertz CT molecular complexity index is 350. The van der Waals surface area contributed by atoms with Gasteiger partial charge in [0.15, 0.2) is 0 Å². The van der Waals surface area contributed by atoms with E-state index in [2.05, 4.69) is 9.84 Å². The summed E-state index contributed by atoms with van der Waals surface area (Å²) >= 11 is 0. The Hall–Kier alpha value is -1.47. The van der Waals surface area contributed by atoms with Crippen molar-refractivity contribution in [1.29, 1.82) is 0 Å². The average molecular weight is 221 g/mol. The Balaban J connectivity index is 2.68. The molecule has 0 aliphatic carbocycles. The molecule has 0 aromatic carbocycles. The van der Waals surface area contributed by atoms with Crippen molar-refractivity contribution in [2.45, 2.75) is 13.4 Å². The van der Waals surface area contributed by atoms with Crippen molar-refractivity contribution >= 4 is 12.9 Å². The van der Waals surface area contributed by atoms with E-state index in [0.29, 0.717) is 4.68 Å². The SMILES string of the molecule is CCOC(=O)c1cnn(C[B-](F)(F)F)c1. The van der Waals surface area contributed by atoms with Crippen LogP contribution in [0.5, 0.6) is 0 Å². The highest BCUT2D eigenvalue weighted by Crippen LogP contribution is 2.11. The summed E-state index contributed by atoms with van der Waals surface area (Å²) in [4.78, 5) is 11.1. The second-order valence-electron chi connectivity index (χ2n) is 2.88. The molecule has 0 N–H and O–H groups in total. The summed E-state index contributed by atoms with van der Waals surface area (Å²) in [6.07, 6.45) is 0.923. The number of ether oxygens (including phenoxy) is 1. The number of halogens is 3. The fraction of sp³-hybridized carbons (Fsp3) is 0.429. The normalized spacial score (nSPS) is 11.5. The Morgan fingerprint density at radius 2 is 2.27 bits per heavy atom. The molecule has 0 bridgehead atoms. The van der Waals surface area contributed by atoms with E-state index in [0.717, 1.165) is 12.4 Å². The van der Waals surface area contributed by atoms with Gasteiger partial charge >= 0.3 is 12.9 Å². The fourth-order valence-electron chi connectivity index (χ4n) is 0.995. The highest BCUT2D eigenvalue weighted by atomic mass is 19.4. The van der Waals surface area contributed by atoms with Gasteiger partial charge in [-0.05, 0) is 6.92 Å². The van der Waals surface area contributed by atoms with E-state index in [4.69, 9.17) is 0 Å². The zero-order valence-electron chi connectivity index (χ0n) is 7.99. The monoisotopic (exact) mass is 221 g/mol. The summed E-state index contributed by atoms with van der Waals surface area (Å²) < 4.78 is 41.2. The number of carbonyl (C=O) groups is 1. The smallest absolute Gasteiger partial charge is 0.462 e. The molecular formula is C7H9BF3N2O2-. The Labute approximate surface area is 84.1 Å². The van der Waals surface area contributed by atoms with Crippen molar-refractivity contribution in [3.63, 3.8) is 0 Å². The second kappa shape index (κ2) is 4.37. The third-order valence-corrected chi connectivity index (χ3v) is 1.54. The van der Waals surface area contributed by atoms with Gasteiger partial charge in [0.1, 0.15) is 0 Å². The first kappa shape index (κ1) is 11.6. The van der Waals surface area contributed by atoms with Crippen LogP contribution >= 0.6 is 0 Å². The molecule has 1 aromatic rings. The van der Waals surface area contributed by atoms with Crippen LogP contribution in [0.4, 0.5) is 12.9 Å². The molecule has 1 aromatic heterocycles. The largest absolute Gasteiger partial charge is 0.499 e. The van der Waals surface area contributed by atoms with Gasteiger partial charge in [0.25, 0.3) is 0 Å². The minimum absolute atomic E-state index is 0.0249. The van der Waals surface area contributed by atoms with Crippen molar-refractivity contribution in [3.8, 4) is 0 Å². The summed E-state index contributed by atoms with van der Waals surface area (Å²) in [5.41, 5.74) is 0.0249. The van der Waals surface area contributed by atoms with Gasteiger partial charge in [-0.3, -0.25) is 4.68 Å². The minimum Gasteiger partial charge on any atom is -0.462 e. The van der Waals surface area contributed by atoms with E-state index in [1.165, 1.54) is 0 Å². The number of carbonyl (C=O) groups excluding carboxylic acids is 1. The highest BCUT2D eigenvalue weighted by molar-refractivity contribution is 6.57. The number of rotatable bonds is 4. The standard InChI is InChI=1S/C7H9BF3N2O2/c1-2-15-7(14)6-3-12-13(4-6)5-8(9,10)11/h3-4H,2,5H2,1H3/q-1. The molecule has 8 heteroatoms. The molecule has 0 spiro atoms. The summed E-state index contributed by atoms with van der Waals surface area (Å²) in [6.45, 7) is -3.17. The quantitative estimate of drug-likeness (QED) is 0.570. The lowest BCUT2D eigenvalue weighted by atomic mass is 9.93. The van der Waals surface area contributed by atoms with Crippen molar-refractivity contribution in [2.75, 3.05) is 6.61 Å². The lowest BCUT2D eigenvalue weighted by molar-refractivity contribution is 0.0526. The van der Waals surface area contributed by atoms with Crippen LogP contribution in [0.1, 0.15) is 17.3 Å². The van der Waals surface area contributed by atoms with Gasteiger partial charge in [0.05, 0.1) is 18.4 Å². The lowest BCUT2D eigenvalue weighted by Crippen LogP contribution is -2.24. The predicted molar refractivity (Wildman–Crippen MR) is 47.3 cm³/mol. The van der Waals surface area contributed by atoms with Crippen molar-refractivity contribution in [1.82, 2.24) is 9.78 Å². The first-order chi connectivity index (χ1) is 6.92. The molecule has 0 aliphatic rings. The zero-order chi connectivity index (χ0) is 11.5. The first-order valence-corrected chi connectivity index (χ1v) is 4.33. The molecular weight excluding hydrogens is 212 g/mol. The molecule has 0 unspecified atom stereocenters.